The van der Waals surface area contributed by atoms with E-state index in [1.807, 2.05) is 6.07 Å². The van der Waals surface area contributed by atoms with Gasteiger partial charge >= 0.3 is 5.97 Å². The number of rotatable bonds is 5. The summed E-state index contributed by atoms with van der Waals surface area (Å²) in [4.78, 5) is 12.1. The summed E-state index contributed by atoms with van der Waals surface area (Å²) < 4.78 is 17.2. The number of aromatic nitrogens is 1. The predicted molar refractivity (Wildman–Crippen MR) is 99.3 cm³/mol. The molecule has 27 heavy (non-hydrogen) atoms. The summed E-state index contributed by atoms with van der Waals surface area (Å²) >= 11 is 0. The molecule has 0 unspecified atom stereocenters. The molecule has 7 nitrogen and oxygen atoms in total. The van der Waals surface area contributed by atoms with Gasteiger partial charge in [0.15, 0.2) is 5.69 Å². The number of benzene rings is 2. The van der Waals surface area contributed by atoms with E-state index in [9.17, 15) is 10.1 Å². The summed E-state index contributed by atoms with van der Waals surface area (Å²) in [5.74, 6) is 1.40. The molecule has 2 N–H and O–H groups in total. The number of anilines is 1. The third-order valence-electron chi connectivity index (χ3n) is 3.95. The van der Waals surface area contributed by atoms with Crippen LogP contribution in [0, 0.1) is 11.3 Å². The van der Waals surface area contributed by atoms with Gasteiger partial charge in [-0.05, 0) is 48.5 Å². The van der Waals surface area contributed by atoms with E-state index in [1.54, 1.807) is 55.6 Å². The van der Waals surface area contributed by atoms with Crippen molar-refractivity contribution in [3.05, 3.63) is 66.0 Å². The molecule has 3 aromatic rings. The third-order valence-corrected chi connectivity index (χ3v) is 3.95. The predicted octanol–water partition coefficient (Wildman–Crippen LogP) is 3.52. The van der Waals surface area contributed by atoms with Crippen molar-refractivity contribution in [3.8, 4) is 29.0 Å². The van der Waals surface area contributed by atoms with E-state index >= 15 is 0 Å². The van der Waals surface area contributed by atoms with Gasteiger partial charge < -0.3 is 24.5 Å². The molecule has 0 saturated carbocycles. The molecule has 0 saturated heterocycles. The van der Waals surface area contributed by atoms with Crippen LogP contribution in [0.15, 0.2) is 54.7 Å². The van der Waals surface area contributed by atoms with Crippen molar-refractivity contribution in [1.29, 1.82) is 5.26 Å². The van der Waals surface area contributed by atoms with E-state index < -0.39 is 5.97 Å². The van der Waals surface area contributed by atoms with Gasteiger partial charge in [0, 0.05) is 11.9 Å². The zero-order chi connectivity index (χ0) is 19.4. The van der Waals surface area contributed by atoms with Crippen LogP contribution in [0.2, 0.25) is 0 Å². The van der Waals surface area contributed by atoms with Crippen LogP contribution in [0.25, 0.3) is 5.69 Å². The lowest BCUT2D eigenvalue weighted by atomic mass is 10.2. The van der Waals surface area contributed by atoms with Crippen molar-refractivity contribution < 1.29 is 19.0 Å². The van der Waals surface area contributed by atoms with Crippen molar-refractivity contribution >= 4 is 11.7 Å². The van der Waals surface area contributed by atoms with Crippen LogP contribution in [-0.2, 0) is 4.74 Å². The first-order valence-electron chi connectivity index (χ1n) is 7.99. The highest BCUT2D eigenvalue weighted by Crippen LogP contribution is 2.28. The molecule has 2 aromatic carbocycles. The number of carbonyl (C=O) groups is 1. The van der Waals surface area contributed by atoms with E-state index in [-0.39, 0.29) is 16.9 Å². The Balaban J connectivity index is 1.89. The Morgan fingerprint density at radius 3 is 2.07 bits per heavy atom. The molecular formula is C20H17N3O4. The lowest BCUT2D eigenvalue weighted by Crippen LogP contribution is -2.11. The molecule has 0 amide bonds. The van der Waals surface area contributed by atoms with Crippen LogP contribution in [0.5, 0.6) is 17.2 Å². The average molecular weight is 363 g/mol. The highest BCUT2D eigenvalue weighted by Gasteiger charge is 2.21. The van der Waals surface area contributed by atoms with Gasteiger partial charge in [-0.3, -0.25) is 0 Å². The molecule has 0 aliphatic rings. The second kappa shape index (κ2) is 7.54. The van der Waals surface area contributed by atoms with E-state index in [2.05, 4.69) is 0 Å². The Labute approximate surface area is 156 Å². The van der Waals surface area contributed by atoms with Gasteiger partial charge in [-0.15, -0.1) is 0 Å². The molecule has 0 fully saturated rings. The molecule has 0 aliphatic carbocycles. The first-order chi connectivity index (χ1) is 13.1. The number of nitriles is 1. The summed E-state index contributed by atoms with van der Waals surface area (Å²) in [5, 5.41) is 9.18. The zero-order valence-corrected chi connectivity index (χ0v) is 14.8. The summed E-state index contributed by atoms with van der Waals surface area (Å²) in [7, 11) is 2.86. The highest BCUT2D eigenvalue weighted by atomic mass is 16.5. The number of esters is 1. The van der Waals surface area contributed by atoms with E-state index in [1.165, 1.54) is 17.9 Å². The Morgan fingerprint density at radius 1 is 1.00 bits per heavy atom. The van der Waals surface area contributed by atoms with Crippen molar-refractivity contribution in [1.82, 2.24) is 4.57 Å². The van der Waals surface area contributed by atoms with Crippen LogP contribution in [0.3, 0.4) is 0 Å². The van der Waals surface area contributed by atoms with Crippen molar-refractivity contribution in [2.75, 3.05) is 20.0 Å². The van der Waals surface area contributed by atoms with Crippen LogP contribution >= 0.6 is 0 Å². The Bertz CT molecular complexity index is 999. The number of hydrogen-bond acceptors (Lipinski definition) is 6. The fourth-order valence-corrected chi connectivity index (χ4v) is 2.57. The van der Waals surface area contributed by atoms with E-state index in [4.69, 9.17) is 19.9 Å². The minimum atomic E-state index is -0.618. The number of methoxy groups -OCH3 is 2. The summed E-state index contributed by atoms with van der Waals surface area (Å²) in [5.41, 5.74) is 6.95. The average Bonchev–Trinajstić information content (AvgIpc) is 3.05. The first-order valence-corrected chi connectivity index (χ1v) is 7.99. The van der Waals surface area contributed by atoms with Gasteiger partial charge in [-0.1, -0.05) is 0 Å². The molecule has 0 bridgehead atoms. The summed E-state index contributed by atoms with van der Waals surface area (Å²) in [6, 6.07) is 16.2. The Kier molecular flexibility index (Phi) is 4.99. The smallest absolute Gasteiger partial charge is 0.357 e. The topological polar surface area (TPSA) is 99.5 Å². The Hall–Kier alpha value is -3.92. The third kappa shape index (κ3) is 3.55. The normalized spacial score (nSPS) is 10.1. The van der Waals surface area contributed by atoms with Gasteiger partial charge in [-0.2, -0.15) is 5.26 Å². The van der Waals surface area contributed by atoms with Crippen LogP contribution in [0.1, 0.15) is 16.1 Å². The van der Waals surface area contributed by atoms with E-state index in [0.29, 0.717) is 17.2 Å². The van der Waals surface area contributed by atoms with Gasteiger partial charge in [0.05, 0.1) is 25.5 Å². The second-order valence-electron chi connectivity index (χ2n) is 5.55. The van der Waals surface area contributed by atoms with Gasteiger partial charge in [-0.25, -0.2) is 4.79 Å². The van der Waals surface area contributed by atoms with Crippen LogP contribution < -0.4 is 15.2 Å². The molecule has 7 heteroatoms. The molecule has 0 spiro atoms. The van der Waals surface area contributed by atoms with Crippen molar-refractivity contribution in [3.63, 3.8) is 0 Å². The number of hydrogen-bond donors (Lipinski definition) is 1. The monoisotopic (exact) mass is 363 g/mol. The maximum Gasteiger partial charge on any atom is 0.357 e. The minimum Gasteiger partial charge on any atom is -0.497 e. The fraction of sp³-hybridized carbons (Fsp3) is 0.100. The van der Waals surface area contributed by atoms with Gasteiger partial charge in [0.1, 0.15) is 23.3 Å². The molecule has 0 atom stereocenters. The molecule has 136 valence electrons. The zero-order valence-electron chi connectivity index (χ0n) is 14.8. The Morgan fingerprint density at radius 2 is 1.56 bits per heavy atom. The minimum absolute atomic E-state index is 0.0860. The number of ether oxygens (including phenoxy) is 3. The van der Waals surface area contributed by atoms with Gasteiger partial charge in [0.2, 0.25) is 0 Å². The molecule has 3 rings (SSSR count). The standard InChI is InChI=1S/C20H17N3O4/c1-25-15-7-9-17(10-8-15)27-16-5-3-14(4-6-16)23-12-13(11-21)18(22)19(23)20(24)26-2/h3-10,12H,22H2,1-2H3. The number of nitrogen functional groups attached to an aromatic ring is 1. The maximum absolute atomic E-state index is 12.1. The maximum atomic E-state index is 12.1. The van der Waals surface area contributed by atoms with Crippen molar-refractivity contribution in [2.45, 2.75) is 0 Å². The van der Waals surface area contributed by atoms with Crippen molar-refractivity contribution in [2.24, 2.45) is 0 Å². The highest BCUT2D eigenvalue weighted by molar-refractivity contribution is 5.95. The number of carbonyl (C=O) groups excluding carboxylic acids is 1. The number of nitrogens with zero attached hydrogens (tertiary/aromatic N) is 2. The quantitative estimate of drug-likeness (QED) is 0.696. The largest absolute Gasteiger partial charge is 0.497 e. The van der Waals surface area contributed by atoms with Crippen LogP contribution in [-0.4, -0.2) is 24.8 Å². The lowest BCUT2D eigenvalue weighted by molar-refractivity contribution is 0.0593. The van der Waals surface area contributed by atoms with Crippen LogP contribution in [0.4, 0.5) is 5.69 Å². The van der Waals surface area contributed by atoms with E-state index in [0.717, 1.165) is 5.75 Å². The summed E-state index contributed by atoms with van der Waals surface area (Å²) in [6.07, 6.45) is 1.50. The molecular weight excluding hydrogens is 346 g/mol. The second-order valence-corrected chi connectivity index (χ2v) is 5.55. The molecule has 1 heterocycles. The molecule has 1 aromatic heterocycles. The first kappa shape index (κ1) is 17.9. The molecule has 0 radical (unpaired) electrons. The SMILES string of the molecule is COC(=O)c1c(N)c(C#N)cn1-c1ccc(Oc2ccc(OC)cc2)cc1. The molecule has 0 aliphatic heterocycles. The summed E-state index contributed by atoms with van der Waals surface area (Å²) in [6.45, 7) is 0. The van der Waals surface area contributed by atoms with Gasteiger partial charge in [0.25, 0.3) is 0 Å². The number of nitrogens with two attached hydrogens (primary N) is 1. The fourth-order valence-electron chi connectivity index (χ4n) is 2.57. The lowest BCUT2D eigenvalue weighted by Gasteiger charge is -2.10.